The largest absolute Gasteiger partial charge is 0.388 e. The van der Waals surface area contributed by atoms with Crippen molar-refractivity contribution in [2.75, 3.05) is 6.61 Å². The minimum atomic E-state index is -1.30. The molecule has 4 atom stereocenters. The number of rotatable bonds is 5. The first-order valence-electron chi connectivity index (χ1n) is 8.78. The highest BCUT2D eigenvalue weighted by Crippen LogP contribution is 2.51. The second-order valence-electron chi connectivity index (χ2n) is 6.99. The van der Waals surface area contributed by atoms with Crippen LogP contribution in [0.5, 0.6) is 0 Å². The zero-order valence-corrected chi connectivity index (χ0v) is 14.5. The van der Waals surface area contributed by atoms with E-state index in [9.17, 15) is 14.7 Å². The van der Waals surface area contributed by atoms with E-state index in [0.29, 0.717) is 6.54 Å². The Bertz CT molecular complexity index is 822. The van der Waals surface area contributed by atoms with E-state index in [1.807, 2.05) is 60.7 Å². The summed E-state index contributed by atoms with van der Waals surface area (Å²) in [6.45, 7) is 1.93. The monoisotopic (exact) mass is 351 g/mol. The molecule has 2 aromatic carbocycles. The van der Waals surface area contributed by atoms with E-state index >= 15 is 0 Å². The number of β-lactam (4-membered cyclic amide) rings is 1. The summed E-state index contributed by atoms with van der Waals surface area (Å²) in [5.74, 6) is -1.08. The topological polar surface area (TPSA) is 66.8 Å². The van der Waals surface area contributed by atoms with Gasteiger partial charge in [-0.05, 0) is 18.1 Å². The van der Waals surface area contributed by atoms with Crippen LogP contribution in [0.3, 0.4) is 0 Å². The third kappa shape index (κ3) is 2.39. The molecule has 0 saturated carbocycles. The van der Waals surface area contributed by atoms with Crippen molar-refractivity contribution in [3.8, 4) is 0 Å². The van der Waals surface area contributed by atoms with Crippen LogP contribution in [-0.4, -0.2) is 46.1 Å². The lowest BCUT2D eigenvalue weighted by Gasteiger charge is -2.54. The zero-order chi connectivity index (χ0) is 18.3. The summed E-state index contributed by atoms with van der Waals surface area (Å²) in [6.07, 6.45) is -0.804. The van der Waals surface area contributed by atoms with Crippen LogP contribution in [0.15, 0.2) is 60.7 Å². The van der Waals surface area contributed by atoms with E-state index < -0.39 is 23.7 Å². The molecule has 0 aliphatic carbocycles. The SMILES string of the molecule is CC(=O)[C@H](c1ccccc1)[C@@]12OCC(O)C1N(Cc1ccccc1)C2=O. The number of carbonyl (C=O) groups is 2. The average molecular weight is 351 g/mol. The Balaban J connectivity index is 1.71. The number of Topliss-reactive ketones (excluding diaryl/α,β-unsaturated/α-hetero) is 1. The van der Waals surface area contributed by atoms with Gasteiger partial charge in [-0.15, -0.1) is 0 Å². The van der Waals surface area contributed by atoms with E-state index in [1.54, 1.807) is 4.90 Å². The molecule has 2 aromatic rings. The predicted octanol–water partition coefficient (Wildman–Crippen LogP) is 1.90. The fraction of sp³-hybridized carbons (Fsp3) is 0.333. The Morgan fingerprint density at radius 1 is 1.19 bits per heavy atom. The Hall–Kier alpha value is -2.50. The first-order valence-corrected chi connectivity index (χ1v) is 8.78. The van der Waals surface area contributed by atoms with Gasteiger partial charge < -0.3 is 14.7 Å². The van der Waals surface area contributed by atoms with E-state index in [2.05, 4.69) is 0 Å². The van der Waals surface area contributed by atoms with Crippen LogP contribution in [0.25, 0.3) is 0 Å². The third-order valence-corrected chi connectivity index (χ3v) is 5.39. The molecule has 2 fully saturated rings. The van der Waals surface area contributed by atoms with Crippen LogP contribution in [0.1, 0.15) is 24.0 Å². The van der Waals surface area contributed by atoms with Gasteiger partial charge in [0.15, 0.2) is 5.60 Å². The molecule has 26 heavy (non-hydrogen) atoms. The Morgan fingerprint density at radius 3 is 2.42 bits per heavy atom. The summed E-state index contributed by atoms with van der Waals surface area (Å²) < 4.78 is 5.85. The minimum Gasteiger partial charge on any atom is -0.388 e. The maximum atomic E-state index is 13.2. The highest BCUT2D eigenvalue weighted by molar-refractivity contribution is 6.02. The zero-order valence-electron chi connectivity index (χ0n) is 14.5. The second-order valence-corrected chi connectivity index (χ2v) is 6.99. The molecular formula is C21H21NO4. The molecule has 0 aromatic heterocycles. The normalized spacial score (nSPS) is 28.4. The first kappa shape index (κ1) is 16.9. The molecule has 2 unspecified atom stereocenters. The van der Waals surface area contributed by atoms with Gasteiger partial charge in [-0.2, -0.15) is 0 Å². The number of hydrogen-bond donors (Lipinski definition) is 1. The quantitative estimate of drug-likeness (QED) is 0.836. The van der Waals surface area contributed by atoms with E-state index in [-0.39, 0.29) is 18.3 Å². The molecule has 1 N–H and O–H groups in total. The second kappa shape index (κ2) is 6.34. The number of ether oxygens (including phenoxy) is 1. The molecule has 5 nitrogen and oxygen atoms in total. The number of fused-ring (bicyclic) bond motifs is 1. The van der Waals surface area contributed by atoms with Crippen molar-refractivity contribution in [3.63, 3.8) is 0 Å². The first-order chi connectivity index (χ1) is 12.6. The van der Waals surface area contributed by atoms with Gasteiger partial charge in [0.05, 0.1) is 18.6 Å². The van der Waals surface area contributed by atoms with Gasteiger partial charge in [-0.25, -0.2) is 0 Å². The summed E-state index contributed by atoms with van der Waals surface area (Å²) in [5.41, 5.74) is 0.418. The van der Waals surface area contributed by atoms with Gasteiger partial charge >= 0.3 is 0 Å². The molecule has 4 rings (SSSR count). The molecule has 2 heterocycles. The minimum absolute atomic E-state index is 0.0539. The van der Waals surface area contributed by atoms with Gasteiger partial charge in [0.25, 0.3) is 5.91 Å². The maximum absolute atomic E-state index is 13.2. The number of ketones is 1. The van der Waals surface area contributed by atoms with Crippen LogP contribution >= 0.6 is 0 Å². The van der Waals surface area contributed by atoms with Crippen LogP contribution in [0.2, 0.25) is 0 Å². The summed E-state index contributed by atoms with van der Waals surface area (Å²) in [5, 5.41) is 10.5. The van der Waals surface area contributed by atoms with Crippen molar-refractivity contribution in [3.05, 3.63) is 71.8 Å². The Kier molecular flexibility index (Phi) is 4.13. The van der Waals surface area contributed by atoms with Crippen LogP contribution in [0, 0.1) is 0 Å². The van der Waals surface area contributed by atoms with Crippen LogP contribution < -0.4 is 0 Å². The molecule has 2 aliphatic heterocycles. The number of hydrogen-bond acceptors (Lipinski definition) is 4. The summed E-state index contributed by atoms with van der Waals surface area (Å²) in [7, 11) is 0. The molecule has 134 valence electrons. The molecule has 1 amide bonds. The number of aliphatic hydroxyl groups excluding tert-OH is 1. The number of carbonyl (C=O) groups excluding carboxylic acids is 2. The number of aliphatic hydroxyl groups is 1. The lowest BCUT2D eigenvalue weighted by molar-refractivity contribution is -0.194. The lowest BCUT2D eigenvalue weighted by Crippen LogP contribution is -2.76. The van der Waals surface area contributed by atoms with Crippen molar-refractivity contribution in [1.29, 1.82) is 0 Å². The van der Waals surface area contributed by atoms with Gasteiger partial charge in [0, 0.05) is 6.54 Å². The lowest BCUT2D eigenvalue weighted by atomic mass is 9.68. The van der Waals surface area contributed by atoms with Gasteiger partial charge in [0.2, 0.25) is 0 Å². The number of nitrogens with zero attached hydrogens (tertiary/aromatic N) is 1. The number of likely N-dealkylation sites (tertiary alicyclic amines) is 1. The fourth-order valence-electron chi connectivity index (χ4n) is 4.36. The van der Waals surface area contributed by atoms with E-state index in [0.717, 1.165) is 11.1 Å². The van der Waals surface area contributed by atoms with E-state index in [4.69, 9.17) is 4.74 Å². The molecule has 2 aliphatic rings. The van der Waals surface area contributed by atoms with Gasteiger partial charge in [-0.1, -0.05) is 60.7 Å². The number of benzene rings is 2. The third-order valence-electron chi connectivity index (χ3n) is 5.39. The van der Waals surface area contributed by atoms with Crippen molar-refractivity contribution >= 4 is 11.7 Å². The summed E-state index contributed by atoms with van der Waals surface area (Å²) in [4.78, 5) is 27.3. The van der Waals surface area contributed by atoms with Gasteiger partial charge in [0.1, 0.15) is 11.9 Å². The Labute approximate surface area is 152 Å². The molecule has 0 radical (unpaired) electrons. The highest BCUT2D eigenvalue weighted by atomic mass is 16.5. The maximum Gasteiger partial charge on any atom is 0.258 e. The van der Waals surface area contributed by atoms with Gasteiger partial charge in [-0.3, -0.25) is 9.59 Å². The van der Waals surface area contributed by atoms with Crippen molar-refractivity contribution in [2.24, 2.45) is 0 Å². The van der Waals surface area contributed by atoms with Crippen molar-refractivity contribution < 1.29 is 19.4 Å². The van der Waals surface area contributed by atoms with Crippen LogP contribution in [-0.2, 0) is 20.9 Å². The standard InChI is InChI=1S/C21H21NO4/c1-14(23)18(16-10-6-3-7-11-16)21-19(17(24)13-26-21)22(20(21)25)12-15-8-4-2-5-9-15/h2-11,17-19,24H,12-13H2,1H3/t17?,18-,19?,21-/m1/s1. The highest BCUT2D eigenvalue weighted by Gasteiger charge is 2.72. The average Bonchev–Trinajstić information content (AvgIpc) is 2.95. The molecular weight excluding hydrogens is 330 g/mol. The number of amides is 1. The smallest absolute Gasteiger partial charge is 0.258 e. The van der Waals surface area contributed by atoms with Crippen molar-refractivity contribution in [1.82, 2.24) is 4.90 Å². The fourth-order valence-corrected chi connectivity index (χ4v) is 4.36. The summed E-state index contributed by atoms with van der Waals surface area (Å²) >= 11 is 0. The van der Waals surface area contributed by atoms with Crippen molar-refractivity contribution in [2.45, 2.75) is 37.1 Å². The molecule has 2 saturated heterocycles. The molecule has 0 spiro atoms. The Morgan fingerprint density at radius 2 is 1.81 bits per heavy atom. The molecule has 0 bridgehead atoms. The van der Waals surface area contributed by atoms with E-state index in [1.165, 1.54) is 6.92 Å². The molecule has 5 heteroatoms. The van der Waals surface area contributed by atoms with Crippen LogP contribution in [0.4, 0.5) is 0 Å². The summed E-state index contributed by atoms with van der Waals surface area (Å²) in [6, 6.07) is 18.3. The predicted molar refractivity (Wildman–Crippen MR) is 95.3 cm³/mol.